The van der Waals surface area contributed by atoms with Gasteiger partial charge in [-0.3, -0.25) is 5.10 Å². The Kier molecular flexibility index (Phi) is 6.83. The third kappa shape index (κ3) is 4.43. The molecule has 0 unspecified atom stereocenters. The van der Waals surface area contributed by atoms with E-state index in [4.69, 9.17) is 44.9 Å². The number of benzene rings is 2. The third-order valence-corrected chi connectivity index (χ3v) is 5.17. The van der Waals surface area contributed by atoms with Crippen LogP contribution in [0.5, 0.6) is 11.5 Å². The van der Waals surface area contributed by atoms with E-state index < -0.39 is 0 Å². The highest BCUT2D eigenvalue weighted by Gasteiger charge is 2.14. The van der Waals surface area contributed by atoms with E-state index in [2.05, 4.69) is 15.6 Å². The van der Waals surface area contributed by atoms with Gasteiger partial charge in [0.2, 0.25) is 4.77 Å². The van der Waals surface area contributed by atoms with Crippen molar-refractivity contribution in [1.29, 1.82) is 0 Å². The molecular weight excluding hydrogens is 419 g/mol. The van der Waals surface area contributed by atoms with Crippen LogP contribution in [0.15, 0.2) is 36.4 Å². The van der Waals surface area contributed by atoms with Crippen molar-refractivity contribution in [3.8, 4) is 11.5 Å². The minimum Gasteiger partial charge on any atom is -0.493 e. The smallest absolute Gasteiger partial charge is 0.214 e. The molecule has 0 bridgehead atoms. The molecule has 0 fully saturated rings. The van der Waals surface area contributed by atoms with Crippen LogP contribution in [0.1, 0.15) is 23.9 Å². The third-order valence-electron chi connectivity index (χ3n) is 4.19. The van der Waals surface area contributed by atoms with Crippen LogP contribution < -0.4 is 14.9 Å². The molecule has 6 nitrogen and oxygen atoms in total. The Morgan fingerprint density at radius 2 is 1.89 bits per heavy atom. The van der Waals surface area contributed by atoms with E-state index in [-0.39, 0.29) is 6.61 Å². The summed E-state index contributed by atoms with van der Waals surface area (Å²) in [4.78, 5) is 0. The monoisotopic (exact) mass is 438 g/mol. The largest absolute Gasteiger partial charge is 0.493 e. The quantitative estimate of drug-likeness (QED) is 0.476. The van der Waals surface area contributed by atoms with E-state index in [9.17, 15) is 0 Å². The zero-order chi connectivity index (χ0) is 20.1. The van der Waals surface area contributed by atoms with Crippen molar-refractivity contribution in [2.45, 2.75) is 26.5 Å². The molecule has 28 heavy (non-hydrogen) atoms. The van der Waals surface area contributed by atoms with Gasteiger partial charge in [-0.15, -0.1) is 0 Å². The molecule has 2 aromatic carbocycles. The van der Waals surface area contributed by atoms with Crippen LogP contribution in [-0.2, 0) is 19.6 Å². The van der Waals surface area contributed by atoms with Gasteiger partial charge in [0.05, 0.1) is 13.7 Å². The summed E-state index contributed by atoms with van der Waals surface area (Å²) in [6, 6.07) is 11.1. The average molecular weight is 439 g/mol. The SMILES string of the molecule is CCc1n[nH]c(=S)n1NCc1cccc(OC)c1OCc1c(Cl)cccc1Cl. The summed E-state index contributed by atoms with van der Waals surface area (Å²) >= 11 is 17.8. The Morgan fingerprint density at radius 3 is 2.57 bits per heavy atom. The molecule has 0 saturated carbocycles. The second-order valence-electron chi connectivity index (χ2n) is 5.91. The van der Waals surface area contributed by atoms with Crippen molar-refractivity contribution in [2.75, 3.05) is 12.5 Å². The zero-order valence-electron chi connectivity index (χ0n) is 15.5. The van der Waals surface area contributed by atoms with Crippen LogP contribution in [0.3, 0.4) is 0 Å². The van der Waals surface area contributed by atoms with Gasteiger partial charge in [0.15, 0.2) is 17.3 Å². The van der Waals surface area contributed by atoms with E-state index in [0.29, 0.717) is 32.9 Å². The van der Waals surface area contributed by atoms with Crippen LogP contribution in [-0.4, -0.2) is 22.0 Å². The van der Waals surface area contributed by atoms with E-state index in [1.54, 1.807) is 30.0 Å². The van der Waals surface area contributed by atoms with Crippen molar-refractivity contribution in [3.63, 3.8) is 0 Å². The minimum atomic E-state index is 0.219. The number of methoxy groups -OCH3 is 1. The highest BCUT2D eigenvalue weighted by molar-refractivity contribution is 7.71. The molecule has 0 aliphatic heterocycles. The van der Waals surface area contributed by atoms with Gasteiger partial charge in [-0.25, -0.2) is 4.68 Å². The van der Waals surface area contributed by atoms with Crippen molar-refractivity contribution in [2.24, 2.45) is 0 Å². The number of rotatable bonds is 8. The fourth-order valence-electron chi connectivity index (χ4n) is 2.73. The lowest BCUT2D eigenvalue weighted by Crippen LogP contribution is -2.18. The molecule has 0 radical (unpaired) electrons. The van der Waals surface area contributed by atoms with Gasteiger partial charge in [0.25, 0.3) is 0 Å². The molecule has 0 amide bonds. The van der Waals surface area contributed by atoms with Crippen LogP contribution in [0.2, 0.25) is 10.0 Å². The number of nitrogens with one attached hydrogen (secondary N) is 2. The Morgan fingerprint density at radius 1 is 1.18 bits per heavy atom. The van der Waals surface area contributed by atoms with Crippen LogP contribution in [0.4, 0.5) is 0 Å². The van der Waals surface area contributed by atoms with Crippen molar-refractivity contribution in [1.82, 2.24) is 14.9 Å². The van der Waals surface area contributed by atoms with Crippen molar-refractivity contribution in [3.05, 3.63) is 68.2 Å². The molecule has 2 N–H and O–H groups in total. The van der Waals surface area contributed by atoms with Crippen LogP contribution in [0.25, 0.3) is 0 Å². The summed E-state index contributed by atoms with van der Waals surface area (Å²) in [7, 11) is 1.60. The van der Waals surface area contributed by atoms with E-state index in [1.807, 2.05) is 25.1 Å². The molecule has 0 aliphatic carbocycles. The maximum atomic E-state index is 6.26. The number of ether oxygens (including phenoxy) is 2. The summed E-state index contributed by atoms with van der Waals surface area (Å²) in [5.41, 5.74) is 4.89. The molecular formula is C19H20Cl2N4O2S. The molecule has 0 spiro atoms. The number of para-hydroxylation sites is 1. The highest BCUT2D eigenvalue weighted by atomic mass is 35.5. The molecule has 3 rings (SSSR count). The van der Waals surface area contributed by atoms with E-state index >= 15 is 0 Å². The lowest BCUT2D eigenvalue weighted by Gasteiger charge is -2.17. The first-order chi connectivity index (χ1) is 13.5. The maximum Gasteiger partial charge on any atom is 0.214 e. The topological polar surface area (TPSA) is 64.1 Å². The number of H-pyrrole nitrogens is 1. The molecule has 1 heterocycles. The molecule has 0 atom stereocenters. The van der Waals surface area contributed by atoms with Gasteiger partial charge < -0.3 is 14.9 Å². The molecule has 148 valence electrons. The molecule has 9 heteroatoms. The number of aryl methyl sites for hydroxylation is 1. The summed E-state index contributed by atoms with van der Waals surface area (Å²) in [5, 5.41) is 8.09. The lowest BCUT2D eigenvalue weighted by atomic mass is 10.2. The number of aromatic nitrogens is 3. The Hall–Kier alpha value is -2.22. The lowest BCUT2D eigenvalue weighted by molar-refractivity contribution is 0.281. The predicted molar refractivity (Wildman–Crippen MR) is 114 cm³/mol. The average Bonchev–Trinajstić information content (AvgIpc) is 3.05. The van der Waals surface area contributed by atoms with E-state index in [0.717, 1.165) is 23.4 Å². The Labute approximate surface area is 178 Å². The van der Waals surface area contributed by atoms with Gasteiger partial charge in [0.1, 0.15) is 6.61 Å². The van der Waals surface area contributed by atoms with Gasteiger partial charge in [-0.05, 0) is 30.4 Å². The summed E-state index contributed by atoms with van der Waals surface area (Å²) in [5.74, 6) is 2.05. The zero-order valence-corrected chi connectivity index (χ0v) is 17.8. The number of nitrogens with zero attached hydrogens (tertiary/aromatic N) is 2. The first kappa shape index (κ1) is 20.5. The first-order valence-corrected chi connectivity index (χ1v) is 9.83. The number of halogens is 2. The second-order valence-corrected chi connectivity index (χ2v) is 7.11. The first-order valence-electron chi connectivity index (χ1n) is 8.66. The fourth-order valence-corrected chi connectivity index (χ4v) is 3.46. The van der Waals surface area contributed by atoms with Gasteiger partial charge in [-0.1, -0.05) is 48.3 Å². The fraction of sp³-hybridized carbons (Fsp3) is 0.263. The van der Waals surface area contributed by atoms with E-state index in [1.165, 1.54) is 0 Å². The molecule has 0 saturated heterocycles. The standard InChI is InChI=1S/C19H20Cl2N4O2S/c1-3-17-23-24-19(28)25(17)22-10-12-6-4-9-16(26-2)18(12)27-11-13-14(20)7-5-8-15(13)21/h4-9,22H,3,10-11H2,1-2H3,(H,24,28). The Balaban J connectivity index is 1.84. The molecule has 0 aliphatic rings. The normalized spacial score (nSPS) is 10.7. The number of hydrogen-bond acceptors (Lipinski definition) is 5. The summed E-state index contributed by atoms with van der Waals surface area (Å²) < 4.78 is 13.8. The van der Waals surface area contributed by atoms with Gasteiger partial charge in [0, 0.05) is 27.6 Å². The number of aromatic amines is 1. The summed E-state index contributed by atoms with van der Waals surface area (Å²) in [6.07, 6.45) is 0.743. The Bertz CT molecular complexity index is 999. The summed E-state index contributed by atoms with van der Waals surface area (Å²) in [6.45, 7) is 2.69. The van der Waals surface area contributed by atoms with Crippen LogP contribution in [0, 0.1) is 4.77 Å². The van der Waals surface area contributed by atoms with Crippen molar-refractivity contribution < 1.29 is 9.47 Å². The van der Waals surface area contributed by atoms with Crippen LogP contribution >= 0.6 is 35.4 Å². The highest BCUT2D eigenvalue weighted by Crippen LogP contribution is 2.33. The maximum absolute atomic E-state index is 6.26. The molecule has 1 aromatic heterocycles. The number of hydrogen-bond donors (Lipinski definition) is 2. The van der Waals surface area contributed by atoms with Gasteiger partial charge in [-0.2, -0.15) is 5.10 Å². The van der Waals surface area contributed by atoms with Gasteiger partial charge >= 0.3 is 0 Å². The minimum absolute atomic E-state index is 0.219. The predicted octanol–water partition coefficient (Wildman–Crippen LogP) is 5.14. The van der Waals surface area contributed by atoms with Crippen molar-refractivity contribution >= 4 is 35.4 Å². The second kappa shape index (κ2) is 9.32. The molecule has 3 aromatic rings.